The van der Waals surface area contributed by atoms with Crippen LogP contribution in [0.25, 0.3) is 10.9 Å². The minimum absolute atomic E-state index is 0.0215. The lowest BCUT2D eigenvalue weighted by Crippen LogP contribution is -2.18. The van der Waals surface area contributed by atoms with Gasteiger partial charge in [-0.2, -0.15) is 13.2 Å². The maximum atomic E-state index is 13.2. The number of hydrogen-bond donors (Lipinski definition) is 1. The Morgan fingerprint density at radius 1 is 0.969 bits per heavy atom. The van der Waals surface area contributed by atoms with E-state index in [9.17, 15) is 18.0 Å². The van der Waals surface area contributed by atoms with E-state index >= 15 is 0 Å². The number of alkyl halides is 3. The Balaban J connectivity index is 1.52. The first kappa shape index (κ1) is 22.3. The van der Waals surface area contributed by atoms with Crippen molar-refractivity contribution in [2.24, 2.45) is 0 Å². The lowest BCUT2D eigenvalue weighted by molar-refractivity contribution is -0.137. The van der Waals surface area contributed by atoms with E-state index in [0.29, 0.717) is 11.6 Å². The molecule has 0 saturated heterocycles. The summed E-state index contributed by atoms with van der Waals surface area (Å²) in [6.45, 7) is 0.561. The highest BCUT2D eigenvalue weighted by atomic mass is 35.5. The third-order valence-corrected chi connectivity index (χ3v) is 6.33. The van der Waals surface area contributed by atoms with Gasteiger partial charge in [-0.15, -0.1) is 11.8 Å². The van der Waals surface area contributed by atoms with Gasteiger partial charge in [-0.05, 0) is 29.8 Å². The maximum absolute atomic E-state index is 13.2. The molecule has 1 N–H and O–H groups in total. The van der Waals surface area contributed by atoms with Crippen molar-refractivity contribution in [1.29, 1.82) is 0 Å². The second-order valence-electron chi connectivity index (χ2n) is 7.11. The van der Waals surface area contributed by atoms with E-state index in [-0.39, 0.29) is 11.4 Å². The number of amides is 1. The highest BCUT2D eigenvalue weighted by Gasteiger charge is 2.33. The zero-order valence-electron chi connectivity index (χ0n) is 16.7. The molecule has 32 heavy (non-hydrogen) atoms. The van der Waals surface area contributed by atoms with E-state index < -0.39 is 17.6 Å². The fourth-order valence-electron chi connectivity index (χ4n) is 3.44. The van der Waals surface area contributed by atoms with Gasteiger partial charge in [-0.3, -0.25) is 4.79 Å². The van der Waals surface area contributed by atoms with Crippen LogP contribution in [0.2, 0.25) is 5.02 Å². The van der Waals surface area contributed by atoms with E-state index in [1.807, 2.05) is 54.7 Å². The highest BCUT2D eigenvalue weighted by Crippen LogP contribution is 2.35. The molecule has 0 bridgehead atoms. The van der Waals surface area contributed by atoms with Crippen molar-refractivity contribution in [3.8, 4) is 0 Å². The first-order valence-electron chi connectivity index (χ1n) is 9.73. The standard InChI is InChI=1S/C24H18ClF3N2OS/c25-19-10-4-1-7-16(19)13-30-14-22(17-8-2-6-12-21(17)30)32-15-23(31)29-20-11-5-3-9-18(20)24(26,27)28/h1-12,14H,13,15H2,(H,29,31). The summed E-state index contributed by atoms with van der Waals surface area (Å²) < 4.78 is 41.5. The number of benzene rings is 3. The summed E-state index contributed by atoms with van der Waals surface area (Å²) >= 11 is 7.58. The number of para-hydroxylation sites is 2. The molecule has 4 rings (SSSR count). The van der Waals surface area contributed by atoms with Crippen molar-refractivity contribution in [2.45, 2.75) is 17.6 Å². The Bertz CT molecular complexity index is 1270. The summed E-state index contributed by atoms with van der Waals surface area (Å²) in [4.78, 5) is 13.3. The Labute approximate surface area is 192 Å². The van der Waals surface area contributed by atoms with Crippen LogP contribution in [0.4, 0.5) is 18.9 Å². The van der Waals surface area contributed by atoms with Crippen LogP contribution in [-0.4, -0.2) is 16.2 Å². The molecule has 164 valence electrons. The van der Waals surface area contributed by atoms with Crippen LogP contribution in [0, 0.1) is 0 Å². The molecule has 3 nitrogen and oxygen atoms in total. The maximum Gasteiger partial charge on any atom is 0.418 e. The Hall–Kier alpha value is -2.90. The normalized spacial score (nSPS) is 11.6. The molecule has 8 heteroatoms. The topological polar surface area (TPSA) is 34.0 Å². The first-order valence-corrected chi connectivity index (χ1v) is 11.1. The molecule has 1 amide bonds. The smallest absolute Gasteiger partial charge is 0.342 e. The van der Waals surface area contributed by atoms with Crippen LogP contribution in [0.15, 0.2) is 83.9 Å². The van der Waals surface area contributed by atoms with Crippen molar-refractivity contribution in [3.63, 3.8) is 0 Å². The van der Waals surface area contributed by atoms with Crippen LogP contribution in [0.5, 0.6) is 0 Å². The molecule has 0 radical (unpaired) electrons. The number of fused-ring (bicyclic) bond motifs is 1. The fraction of sp³-hybridized carbons (Fsp3) is 0.125. The number of aromatic nitrogens is 1. The average Bonchev–Trinajstić information content (AvgIpc) is 3.11. The van der Waals surface area contributed by atoms with Crippen molar-refractivity contribution in [2.75, 3.05) is 11.1 Å². The highest BCUT2D eigenvalue weighted by molar-refractivity contribution is 8.00. The molecular formula is C24H18ClF3N2OS. The summed E-state index contributed by atoms with van der Waals surface area (Å²) in [6, 6.07) is 20.3. The summed E-state index contributed by atoms with van der Waals surface area (Å²) in [5, 5.41) is 4.02. The van der Waals surface area contributed by atoms with Gasteiger partial charge in [0, 0.05) is 33.6 Å². The van der Waals surface area contributed by atoms with Gasteiger partial charge in [-0.1, -0.05) is 60.1 Å². The van der Waals surface area contributed by atoms with E-state index in [1.165, 1.54) is 30.0 Å². The molecule has 1 aromatic heterocycles. The number of carbonyl (C=O) groups excluding carboxylic acids is 1. The summed E-state index contributed by atoms with van der Waals surface area (Å²) in [7, 11) is 0. The Morgan fingerprint density at radius 2 is 1.66 bits per heavy atom. The van der Waals surface area contributed by atoms with E-state index in [4.69, 9.17) is 11.6 Å². The van der Waals surface area contributed by atoms with Crippen LogP contribution in [-0.2, 0) is 17.5 Å². The first-order chi connectivity index (χ1) is 15.3. The minimum atomic E-state index is -4.54. The van der Waals surface area contributed by atoms with Gasteiger partial charge in [0.1, 0.15) is 0 Å². The number of rotatable bonds is 6. The second kappa shape index (κ2) is 9.30. The number of carbonyl (C=O) groups is 1. The third kappa shape index (κ3) is 4.95. The number of thioether (sulfide) groups is 1. The van der Waals surface area contributed by atoms with Crippen LogP contribution in [0.3, 0.4) is 0 Å². The van der Waals surface area contributed by atoms with E-state index in [0.717, 1.165) is 27.4 Å². The molecule has 0 fully saturated rings. The quantitative estimate of drug-likeness (QED) is 0.302. The molecule has 0 aliphatic carbocycles. The summed E-state index contributed by atoms with van der Waals surface area (Å²) in [5.41, 5.74) is 0.840. The third-order valence-electron chi connectivity index (χ3n) is 4.92. The van der Waals surface area contributed by atoms with Gasteiger partial charge in [0.15, 0.2) is 0 Å². The monoisotopic (exact) mass is 474 g/mol. The summed E-state index contributed by atoms with van der Waals surface area (Å²) in [6.07, 6.45) is -2.60. The van der Waals surface area contributed by atoms with Gasteiger partial charge in [0.25, 0.3) is 0 Å². The van der Waals surface area contributed by atoms with Crippen molar-refractivity contribution in [1.82, 2.24) is 4.57 Å². The molecule has 0 aliphatic heterocycles. The average molecular weight is 475 g/mol. The van der Waals surface area contributed by atoms with Gasteiger partial charge in [0.2, 0.25) is 5.91 Å². The molecule has 0 saturated carbocycles. The van der Waals surface area contributed by atoms with Crippen molar-refractivity contribution in [3.05, 3.63) is 95.1 Å². The lowest BCUT2D eigenvalue weighted by Gasteiger charge is -2.13. The number of halogens is 4. The molecule has 1 heterocycles. The molecule has 3 aromatic carbocycles. The Morgan fingerprint density at radius 3 is 2.44 bits per heavy atom. The molecule has 0 spiro atoms. The fourth-order valence-corrected chi connectivity index (χ4v) is 4.52. The molecule has 4 aromatic rings. The van der Waals surface area contributed by atoms with Crippen molar-refractivity contribution >= 4 is 45.9 Å². The van der Waals surface area contributed by atoms with Gasteiger partial charge < -0.3 is 9.88 Å². The second-order valence-corrected chi connectivity index (χ2v) is 8.53. The number of nitrogens with one attached hydrogen (secondary N) is 1. The predicted octanol–water partition coefficient (Wildman–Crippen LogP) is 7.09. The van der Waals surface area contributed by atoms with E-state index in [2.05, 4.69) is 9.88 Å². The predicted molar refractivity (Wildman–Crippen MR) is 123 cm³/mol. The largest absolute Gasteiger partial charge is 0.418 e. The molecular weight excluding hydrogens is 457 g/mol. The van der Waals surface area contributed by atoms with Crippen LogP contribution >= 0.6 is 23.4 Å². The van der Waals surface area contributed by atoms with Gasteiger partial charge in [0.05, 0.1) is 17.0 Å². The lowest BCUT2D eigenvalue weighted by atomic mass is 10.1. The van der Waals surface area contributed by atoms with Crippen molar-refractivity contribution < 1.29 is 18.0 Å². The van der Waals surface area contributed by atoms with E-state index in [1.54, 1.807) is 0 Å². The Kier molecular flexibility index (Phi) is 6.48. The van der Waals surface area contributed by atoms with Gasteiger partial charge in [-0.25, -0.2) is 0 Å². The minimum Gasteiger partial charge on any atom is -0.342 e. The van der Waals surface area contributed by atoms with Crippen LogP contribution < -0.4 is 5.32 Å². The molecule has 0 atom stereocenters. The zero-order valence-corrected chi connectivity index (χ0v) is 18.3. The SMILES string of the molecule is O=C(CSc1cn(Cc2ccccc2Cl)c2ccccc12)Nc1ccccc1C(F)(F)F. The number of hydrogen-bond acceptors (Lipinski definition) is 2. The number of anilines is 1. The summed E-state index contributed by atoms with van der Waals surface area (Å²) in [5.74, 6) is -0.527. The van der Waals surface area contributed by atoms with Crippen LogP contribution in [0.1, 0.15) is 11.1 Å². The van der Waals surface area contributed by atoms with Gasteiger partial charge >= 0.3 is 6.18 Å². The number of nitrogens with zero attached hydrogens (tertiary/aromatic N) is 1. The molecule has 0 aliphatic rings. The molecule has 0 unspecified atom stereocenters. The zero-order chi connectivity index (χ0) is 22.7.